The van der Waals surface area contributed by atoms with Crippen molar-refractivity contribution in [2.24, 2.45) is 11.8 Å². The molecule has 0 aromatic heterocycles. The van der Waals surface area contributed by atoms with E-state index in [1.54, 1.807) is 0 Å². The molecule has 0 bridgehead atoms. The molecule has 0 aromatic rings. The number of carbonyl (C=O) groups is 4. The Morgan fingerprint density at radius 2 is 0.495 bits per heavy atom. The zero-order valence-corrected chi connectivity index (χ0v) is 69.4. The standard InChI is InChI=1S/C84H164O17P2/c1-7-10-12-14-16-18-20-21-22-23-24-25-26-33-38-44-50-56-62-68-83(88)101-80(73-95-82(87)67-61-55-49-43-37-32-28-27-31-36-41-47-53-59-65-77(6)9-3)75-99-103(92,93)97-71-78(85)70-96-102(90,91)98-74-79(72-94-81(86)66-60-54-48-42-19-17-15-13-11-8-2)100-84(89)69-63-57-51-45-39-34-29-30-35-40-46-52-58-64-76(4)5/h76-80,85H,7-75H2,1-6H3,(H,90,91)(H,92,93)/t77?,78-,79+,80+/m0/s1. The lowest BCUT2D eigenvalue weighted by Crippen LogP contribution is -2.30. The van der Waals surface area contributed by atoms with Gasteiger partial charge in [0.1, 0.15) is 19.3 Å². The van der Waals surface area contributed by atoms with E-state index in [9.17, 15) is 43.2 Å². The van der Waals surface area contributed by atoms with Crippen molar-refractivity contribution in [2.75, 3.05) is 39.6 Å². The highest BCUT2D eigenvalue weighted by atomic mass is 31.2. The molecule has 0 heterocycles. The molecule has 6 atom stereocenters. The Morgan fingerprint density at radius 1 is 0.282 bits per heavy atom. The first-order valence-electron chi connectivity index (χ1n) is 43.5. The number of hydrogen-bond acceptors (Lipinski definition) is 15. The summed E-state index contributed by atoms with van der Waals surface area (Å²) >= 11 is 0. The van der Waals surface area contributed by atoms with Crippen LogP contribution in [0.25, 0.3) is 0 Å². The minimum Gasteiger partial charge on any atom is -0.462 e. The lowest BCUT2D eigenvalue weighted by atomic mass is 9.99. The Kier molecular flexibility index (Phi) is 74.1. The Labute approximate surface area is 632 Å². The minimum absolute atomic E-state index is 0.108. The molecule has 103 heavy (non-hydrogen) atoms. The summed E-state index contributed by atoms with van der Waals surface area (Å²) in [7, 11) is -9.92. The third kappa shape index (κ3) is 76.6. The third-order valence-electron chi connectivity index (χ3n) is 20.1. The number of aliphatic hydroxyl groups excluding tert-OH is 1. The highest BCUT2D eigenvalue weighted by Gasteiger charge is 2.30. The summed E-state index contributed by atoms with van der Waals surface area (Å²) in [6.45, 7) is 9.72. The normalized spacial score (nSPS) is 14.1. The summed E-state index contributed by atoms with van der Waals surface area (Å²) in [5.74, 6) is -0.467. The second-order valence-corrected chi connectivity index (χ2v) is 33.8. The van der Waals surface area contributed by atoms with Crippen LogP contribution in [0.3, 0.4) is 0 Å². The number of esters is 4. The number of phosphoric acid groups is 2. The van der Waals surface area contributed by atoms with Crippen molar-refractivity contribution in [3.8, 4) is 0 Å². The Balaban J connectivity index is 5.24. The summed E-state index contributed by atoms with van der Waals surface area (Å²) in [4.78, 5) is 73.1. The zero-order chi connectivity index (χ0) is 75.6. The second kappa shape index (κ2) is 75.5. The molecule has 612 valence electrons. The van der Waals surface area contributed by atoms with Gasteiger partial charge >= 0.3 is 39.5 Å². The number of aliphatic hydroxyl groups is 1. The molecule has 0 fully saturated rings. The number of ether oxygens (including phenoxy) is 4. The number of rotatable bonds is 83. The predicted molar refractivity (Wildman–Crippen MR) is 423 cm³/mol. The summed E-state index contributed by atoms with van der Waals surface area (Å²) in [5.41, 5.74) is 0. The average Bonchev–Trinajstić information content (AvgIpc) is 0.911. The van der Waals surface area contributed by atoms with Gasteiger partial charge in [0, 0.05) is 25.7 Å². The molecule has 0 spiro atoms. The van der Waals surface area contributed by atoms with Gasteiger partial charge in [0.15, 0.2) is 12.2 Å². The van der Waals surface area contributed by atoms with E-state index in [1.807, 2.05) is 0 Å². The van der Waals surface area contributed by atoms with E-state index in [1.165, 1.54) is 263 Å². The topological polar surface area (TPSA) is 237 Å². The van der Waals surface area contributed by atoms with Gasteiger partial charge in [-0.25, -0.2) is 9.13 Å². The van der Waals surface area contributed by atoms with E-state index in [0.29, 0.717) is 25.7 Å². The first-order chi connectivity index (χ1) is 49.9. The van der Waals surface area contributed by atoms with Crippen molar-refractivity contribution in [1.29, 1.82) is 0 Å². The largest absolute Gasteiger partial charge is 0.472 e. The van der Waals surface area contributed by atoms with E-state index in [-0.39, 0.29) is 25.7 Å². The van der Waals surface area contributed by atoms with Gasteiger partial charge in [0.25, 0.3) is 0 Å². The molecule has 0 amide bonds. The van der Waals surface area contributed by atoms with Crippen LogP contribution >= 0.6 is 15.6 Å². The van der Waals surface area contributed by atoms with Crippen LogP contribution < -0.4 is 0 Å². The van der Waals surface area contributed by atoms with Crippen molar-refractivity contribution < 1.29 is 80.2 Å². The summed E-state index contributed by atoms with van der Waals surface area (Å²) in [6, 6.07) is 0. The Bertz CT molecular complexity index is 1980. The Morgan fingerprint density at radius 3 is 0.738 bits per heavy atom. The molecule has 0 aliphatic heterocycles. The van der Waals surface area contributed by atoms with Gasteiger partial charge in [-0.15, -0.1) is 0 Å². The molecule has 0 saturated carbocycles. The van der Waals surface area contributed by atoms with Crippen molar-refractivity contribution in [3.05, 3.63) is 0 Å². The zero-order valence-electron chi connectivity index (χ0n) is 67.6. The van der Waals surface area contributed by atoms with E-state index in [0.717, 1.165) is 102 Å². The van der Waals surface area contributed by atoms with E-state index in [4.69, 9.17) is 37.0 Å². The molecule has 0 aliphatic carbocycles. The van der Waals surface area contributed by atoms with Crippen molar-refractivity contribution in [3.63, 3.8) is 0 Å². The van der Waals surface area contributed by atoms with Gasteiger partial charge in [-0.1, -0.05) is 395 Å². The molecule has 0 saturated heterocycles. The van der Waals surface area contributed by atoms with Crippen molar-refractivity contribution in [2.45, 2.75) is 464 Å². The number of hydrogen-bond donors (Lipinski definition) is 3. The average molecular weight is 1510 g/mol. The maximum absolute atomic E-state index is 13.1. The van der Waals surface area contributed by atoms with E-state index in [2.05, 4.69) is 41.5 Å². The molecule has 3 N–H and O–H groups in total. The summed E-state index contributed by atoms with van der Waals surface area (Å²) < 4.78 is 68.8. The van der Waals surface area contributed by atoms with Gasteiger partial charge in [-0.2, -0.15) is 0 Å². The van der Waals surface area contributed by atoms with Crippen molar-refractivity contribution in [1.82, 2.24) is 0 Å². The molecule has 0 rings (SSSR count). The summed E-state index contributed by atoms with van der Waals surface area (Å²) in [6.07, 6.45) is 66.5. The van der Waals surface area contributed by atoms with Crippen LogP contribution in [0.1, 0.15) is 446 Å². The van der Waals surface area contributed by atoms with Crippen LogP contribution in [0.2, 0.25) is 0 Å². The van der Waals surface area contributed by atoms with Crippen LogP contribution in [0.4, 0.5) is 0 Å². The van der Waals surface area contributed by atoms with Gasteiger partial charge in [-0.05, 0) is 37.5 Å². The van der Waals surface area contributed by atoms with Crippen LogP contribution in [-0.4, -0.2) is 96.7 Å². The van der Waals surface area contributed by atoms with Gasteiger partial charge in [0.05, 0.1) is 26.4 Å². The minimum atomic E-state index is -4.96. The Hall–Kier alpha value is -1.94. The molecule has 0 radical (unpaired) electrons. The molecule has 3 unspecified atom stereocenters. The SMILES string of the molecule is CCCCCCCCCCCCCCCCCCCCCC(=O)O[C@H](COC(=O)CCCCCCCCCCCCCCCCC(C)CC)COP(=O)(O)OC[C@@H](O)COP(=O)(O)OC[C@@H](COC(=O)CCCCCCCCCCCC)OC(=O)CCCCCCCCCCCCCCCC(C)C. The fourth-order valence-corrected chi connectivity index (χ4v) is 14.6. The van der Waals surface area contributed by atoms with E-state index >= 15 is 0 Å². The highest BCUT2D eigenvalue weighted by molar-refractivity contribution is 7.47. The van der Waals surface area contributed by atoms with Crippen molar-refractivity contribution >= 4 is 39.5 Å². The quantitative estimate of drug-likeness (QED) is 0.0222. The van der Waals surface area contributed by atoms with Gasteiger partial charge < -0.3 is 33.8 Å². The molecular formula is C84H164O17P2. The number of phosphoric ester groups is 2. The lowest BCUT2D eigenvalue weighted by molar-refractivity contribution is -0.161. The number of unbranched alkanes of at least 4 members (excludes halogenated alkanes) is 52. The third-order valence-corrected chi connectivity index (χ3v) is 22.0. The molecule has 0 aromatic carbocycles. The van der Waals surface area contributed by atoms with Gasteiger partial charge in [0.2, 0.25) is 0 Å². The van der Waals surface area contributed by atoms with E-state index < -0.39 is 97.5 Å². The predicted octanol–water partition coefficient (Wildman–Crippen LogP) is 25.5. The molecular weight excluding hydrogens is 1340 g/mol. The van der Waals surface area contributed by atoms with Crippen LogP contribution in [-0.2, 0) is 65.4 Å². The maximum atomic E-state index is 13.1. The van der Waals surface area contributed by atoms with Gasteiger partial charge in [-0.3, -0.25) is 37.3 Å². The first-order valence-corrected chi connectivity index (χ1v) is 46.5. The highest BCUT2D eigenvalue weighted by Crippen LogP contribution is 2.45. The summed E-state index contributed by atoms with van der Waals surface area (Å²) in [5, 5.41) is 10.7. The van der Waals surface area contributed by atoms with Crippen LogP contribution in [0.5, 0.6) is 0 Å². The molecule has 17 nitrogen and oxygen atoms in total. The fraction of sp³-hybridized carbons (Fsp3) is 0.952. The fourth-order valence-electron chi connectivity index (χ4n) is 13.0. The molecule has 19 heteroatoms. The lowest BCUT2D eigenvalue weighted by Gasteiger charge is -2.21. The maximum Gasteiger partial charge on any atom is 0.472 e. The molecule has 0 aliphatic rings. The first kappa shape index (κ1) is 101. The monoisotopic (exact) mass is 1510 g/mol. The number of carbonyl (C=O) groups excluding carboxylic acids is 4. The van der Waals surface area contributed by atoms with Crippen LogP contribution in [0, 0.1) is 11.8 Å². The smallest absolute Gasteiger partial charge is 0.462 e. The van der Waals surface area contributed by atoms with Crippen LogP contribution in [0.15, 0.2) is 0 Å². The second-order valence-electron chi connectivity index (χ2n) is 30.9.